The third kappa shape index (κ3) is 5.58. The van der Waals surface area contributed by atoms with Crippen LogP contribution in [0.2, 0.25) is 0 Å². The fraction of sp³-hybridized carbons (Fsp3) is 0.588. The Kier molecular flexibility index (Phi) is 7.83. The molecule has 2 rings (SSSR count). The maximum Gasteiger partial charge on any atom is 0.220 e. The summed E-state index contributed by atoms with van der Waals surface area (Å²) in [6.07, 6.45) is 3.87. The van der Waals surface area contributed by atoms with Crippen LogP contribution >= 0.6 is 12.4 Å². The summed E-state index contributed by atoms with van der Waals surface area (Å²) in [5, 5.41) is 6.34. The molecule has 1 atom stereocenters. The molecule has 5 heteroatoms. The number of piperidine rings is 1. The molecule has 1 aliphatic rings. The van der Waals surface area contributed by atoms with Crippen molar-refractivity contribution in [1.29, 1.82) is 0 Å². The molecule has 1 unspecified atom stereocenters. The van der Waals surface area contributed by atoms with E-state index >= 15 is 0 Å². The van der Waals surface area contributed by atoms with E-state index in [2.05, 4.69) is 10.6 Å². The van der Waals surface area contributed by atoms with E-state index in [0.29, 0.717) is 17.9 Å². The lowest BCUT2D eigenvalue weighted by Crippen LogP contribution is -2.30. The van der Waals surface area contributed by atoms with E-state index in [-0.39, 0.29) is 30.2 Å². The molecule has 2 N–H and O–H groups in total. The first-order valence-electron chi connectivity index (χ1n) is 7.82. The summed E-state index contributed by atoms with van der Waals surface area (Å²) in [5.41, 5.74) is 1.56. The minimum atomic E-state index is -0.205. The van der Waals surface area contributed by atoms with Gasteiger partial charge in [0.15, 0.2) is 0 Å². The van der Waals surface area contributed by atoms with E-state index in [9.17, 15) is 9.18 Å². The number of amides is 1. The normalized spacial score (nSPS) is 16.7. The molecule has 1 fully saturated rings. The molecule has 3 nitrogen and oxygen atoms in total. The number of benzene rings is 1. The number of hydrogen-bond donors (Lipinski definition) is 2. The van der Waals surface area contributed by atoms with Gasteiger partial charge in [-0.15, -0.1) is 12.4 Å². The van der Waals surface area contributed by atoms with Gasteiger partial charge < -0.3 is 10.6 Å². The highest BCUT2D eigenvalue weighted by Crippen LogP contribution is 2.19. The van der Waals surface area contributed by atoms with E-state index in [0.717, 1.165) is 25.1 Å². The quantitative estimate of drug-likeness (QED) is 0.868. The molecule has 1 amide bonds. The summed E-state index contributed by atoms with van der Waals surface area (Å²) >= 11 is 0. The summed E-state index contributed by atoms with van der Waals surface area (Å²) in [6.45, 7) is 5.81. The zero-order chi connectivity index (χ0) is 15.2. The largest absolute Gasteiger partial charge is 0.350 e. The zero-order valence-electron chi connectivity index (χ0n) is 13.3. The molecule has 124 valence electrons. The number of hydrogen-bond acceptors (Lipinski definition) is 2. The Labute approximate surface area is 138 Å². The second-order valence-electron chi connectivity index (χ2n) is 6.03. The number of nitrogens with one attached hydrogen (secondary N) is 2. The molecule has 22 heavy (non-hydrogen) atoms. The van der Waals surface area contributed by atoms with Crippen LogP contribution in [-0.2, 0) is 4.79 Å². The smallest absolute Gasteiger partial charge is 0.220 e. The van der Waals surface area contributed by atoms with Gasteiger partial charge in [-0.25, -0.2) is 4.39 Å². The molecule has 0 saturated carbocycles. The number of halogens is 2. The van der Waals surface area contributed by atoms with E-state index in [4.69, 9.17) is 0 Å². The predicted octanol–water partition coefficient (Wildman–Crippen LogP) is 3.51. The fourth-order valence-corrected chi connectivity index (χ4v) is 2.84. The van der Waals surface area contributed by atoms with Gasteiger partial charge in [-0.05, 0) is 69.3 Å². The minimum absolute atomic E-state index is 0. The lowest BCUT2D eigenvalue weighted by atomic mass is 9.93. The van der Waals surface area contributed by atoms with Crippen LogP contribution in [-0.4, -0.2) is 19.0 Å². The number of carbonyl (C=O) groups is 1. The highest BCUT2D eigenvalue weighted by Gasteiger charge is 2.16. The molecule has 0 aliphatic carbocycles. The molecule has 0 aromatic heterocycles. The fourth-order valence-electron chi connectivity index (χ4n) is 2.84. The van der Waals surface area contributed by atoms with Crippen LogP contribution in [0.15, 0.2) is 18.2 Å². The highest BCUT2D eigenvalue weighted by atomic mass is 35.5. The Balaban J connectivity index is 0.00000242. The van der Waals surface area contributed by atoms with Gasteiger partial charge in [0, 0.05) is 6.42 Å². The van der Waals surface area contributed by atoms with Crippen LogP contribution in [0.3, 0.4) is 0 Å². The van der Waals surface area contributed by atoms with E-state index in [1.807, 2.05) is 6.92 Å². The van der Waals surface area contributed by atoms with Crippen molar-refractivity contribution >= 4 is 18.3 Å². The van der Waals surface area contributed by atoms with Crippen molar-refractivity contribution < 1.29 is 9.18 Å². The first-order chi connectivity index (χ1) is 10.1. The van der Waals surface area contributed by atoms with Gasteiger partial charge in [0.1, 0.15) is 5.82 Å². The van der Waals surface area contributed by atoms with Crippen LogP contribution in [0.5, 0.6) is 0 Å². The predicted molar refractivity (Wildman–Crippen MR) is 89.8 cm³/mol. The number of rotatable bonds is 5. The number of carbonyl (C=O) groups excluding carboxylic acids is 1. The second-order valence-corrected chi connectivity index (χ2v) is 6.03. The van der Waals surface area contributed by atoms with E-state index in [1.165, 1.54) is 18.9 Å². The van der Waals surface area contributed by atoms with Crippen molar-refractivity contribution in [2.75, 3.05) is 13.1 Å². The maximum atomic E-state index is 13.3. The summed E-state index contributed by atoms with van der Waals surface area (Å²) in [6, 6.07) is 4.92. The van der Waals surface area contributed by atoms with Crippen molar-refractivity contribution in [3.05, 3.63) is 35.1 Å². The van der Waals surface area contributed by atoms with Gasteiger partial charge in [-0.1, -0.05) is 12.1 Å². The second kappa shape index (κ2) is 9.11. The van der Waals surface area contributed by atoms with Crippen LogP contribution in [0.25, 0.3) is 0 Å². The minimum Gasteiger partial charge on any atom is -0.350 e. The molecular formula is C17H26ClFN2O. The third-order valence-electron chi connectivity index (χ3n) is 4.30. The van der Waals surface area contributed by atoms with Crippen LogP contribution in [0.1, 0.15) is 49.8 Å². The monoisotopic (exact) mass is 328 g/mol. The topological polar surface area (TPSA) is 41.1 Å². The molecule has 1 aliphatic heterocycles. The molecule has 0 spiro atoms. The Hall–Kier alpha value is -1.13. The van der Waals surface area contributed by atoms with Crippen molar-refractivity contribution in [3.63, 3.8) is 0 Å². The average Bonchev–Trinajstić information content (AvgIpc) is 2.49. The summed E-state index contributed by atoms with van der Waals surface area (Å²) in [4.78, 5) is 12.0. The first-order valence-corrected chi connectivity index (χ1v) is 7.82. The standard InChI is InChI=1S/C17H25FN2O.ClH/c1-12-11-15(4-5-16(12)18)13(2)20-17(21)6-3-14-7-9-19-10-8-14;/h4-5,11,13-14,19H,3,6-10H2,1-2H3,(H,20,21);1H. The summed E-state index contributed by atoms with van der Waals surface area (Å²) in [5.74, 6) is 0.548. The molecule has 1 aromatic rings. The molecule has 0 radical (unpaired) electrons. The van der Waals surface area contributed by atoms with Gasteiger partial charge in [0.25, 0.3) is 0 Å². The molecular weight excluding hydrogens is 303 g/mol. The number of aryl methyl sites for hydroxylation is 1. The van der Waals surface area contributed by atoms with Crippen LogP contribution < -0.4 is 10.6 Å². The van der Waals surface area contributed by atoms with Crippen molar-refractivity contribution in [2.45, 2.75) is 45.6 Å². The Bertz CT molecular complexity index is 490. The lowest BCUT2D eigenvalue weighted by Gasteiger charge is -2.22. The molecule has 1 heterocycles. The van der Waals surface area contributed by atoms with Crippen molar-refractivity contribution in [3.8, 4) is 0 Å². The van der Waals surface area contributed by atoms with Gasteiger partial charge in [0.2, 0.25) is 5.91 Å². The lowest BCUT2D eigenvalue weighted by molar-refractivity contribution is -0.122. The Morgan fingerprint density at radius 3 is 2.73 bits per heavy atom. The molecule has 1 saturated heterocycles. The Morgan fingerprint density at radius 2 is 2.09 bits per heavy atom. The first kappa shape index (κ1) is 18.9. The maximum absolute atomic E-state index is 13.3. The van der Waals surface area contributed by atoms with Gasteiger partial charge in [-0.3, -0.25) is 4.79 Å². The summed E-state index contributed by atoms with van der Waals surface area (Å²) in [7, 11) is 0. The molecule has 1 aromatic carbocycles. The Morgan fingerprint density at radius 1 is 1.41 bits per heavy atom. The van der Waals surface area contributed by atoms with Crippen molar-refractivity contribution in [1.82, 2.24) is 10.6 Å². The SMILES string of the molecule is Cc1cc(C(C)NC(=O)CCC2CCNCC2)ccc1F.Cl. The highest BCUT2D eigenvalue weighted by molar-refractivity contribution is 5.85. The van der Waals surface area contributed by atoms with Gasteiger partial charge in [-0.2, -0.15) is 0 Å². The zero-order valence-corrected chi connectivity index (χ0v) is 14.1. The van der Waals surface area contributed by atoms with Gasteiger partial charge in [0.05, 0.1) is 6.04 Å². The average molecular weight is 329 g/mol. The van der Waals surface area contributed by atoms with Crippen LogP contribution in [0.4, 0.5) is 4.39 Å². The van der Waals surface area contributed by atoms with Gasteiger partial charge >= 0.3 is 0 Å². The van der Waals surface area contributed by atoms with Crippen LogP contribution in [0, 0.1) is 18.7 Å². The van der Waals surface area contributed by atoms with Crippen molar-refractivity contribution in [2.24, 2.45) is 5.92 Å². The van der Waals surface area contributed by atoms with E-state index < -0.39 is 0 Å². The third-order valence-corrected chi connectivity index (χ3v) is 4.30. The summed E-state index contributed by atoms with van der Waals surface area (Å²) < 4.78 is 13.3. The van der Waals surface area contributed by atoms with E-state index in [1.54, 1.807) is 19.1 Å². The molecule has 0 bridgehead atoms.